The minimum Gasteiger partial charge on any atom is -0.478 e. The quantitative estimate of drug-likeness (QED) is 0.419. The molecule has 0 aliphatic heterocycles. The summed E-state index contributed by atoms with van der Waals surface area (Å²) in [6, 6.07) is 4.32. The third-order valence-corrected chi connectivity index (χ3v) is 3.59. The van der Waals surface area contributed by atoms with E-state index in [4.69, 9.17) is 10.2 Å². The van der Waals surface area contributed by atoms with Crippen molar-refractivity contribution in [2.75, 3.05) is 11.9 Å². The van der Waals surface area contributed by atoms with E-state index < -0.39 is 11.9 Å². The standard InChI is InChI=1S/C17H25NO4.2Na/c1-2-3-4-5-6-7-8-11-18-13-9-10-14(16(19)20)15(12-13)17(21)22;;/h9-10,12,18H,2-8,11H2,1H3,(H,19,20)(H,21,22);;. The molecule has 0 saturated heterocycles. The van der Waals surface area contributed by atoms with Gasteiger partial charge in [0.1, 0.15) is 0 Å². The molecule has 0 unspecified atom stereocenters. The van der Waals surface area contributed by atoms with Crippen molar-refractivity contribution in [1.82, 2.24) is 0 Å². The van der Waals surface area contributed by atoms with Gasteiger partial charge in [-0.3, -0.25) is 0 Å². The fraction of sp³-hybridized carbons (Fsp3) is 0.529. The number of benzene rings is 1. The Morgan fingerprint density at radius 3 is 1.96 bits per heavy atom. The van der Waals surface area contributed by atoms with Crippen LogP contribution in [0, 0.1) is 0 Å². The van der Waals surface area contributed by atoms with Crippen LogP contribution in [0.25, 0.3) is 0 Å². The first kappa shape index (κ1) is 26.2. The summed E-state index contributed by atoms with van der Waals surface area (Å²) in [5, 5.41) is 21.2. The Labute approximate surface area is 188 Å². The van der Waals surface area contributed by atoms with Crippen LogP contribution in [-0.4, -0.2) is 87.8 Å². The summed E-state index contributed by atoms with van der Waals surface area (Å²) in [4.78, 5) is 22.0. The van der Waals surface area contributed by atoms with Crippen LogP contribution >= 0.6 is 0 Å². The molecule has 7 heteroatoms. The van der Waals surface area contributed by atoms with Crippen LogP contribution in [0.1, 0.15) is 72.6 Å². The van der Waals surface area contributed by atoms with Crippen molar-refractivity contribution >= 4 is 76.7 Å². The third kappa shape index (κ3) is 10.1. The predicted octanol–water partition coefficient (Wildman–Crippen LogP) is 3.48. The summed E-state index contributed by atoms with van der Waals surface area (Å²) >= 11 is 0. The van der Waals surface area contributed by atoms with Gasteiger partial charge < -0.3 is 15.5 Å². The monoisotopic (exact) mass is 353 g/mol. The number of aromatic carboxylic acids is 2. The number of unbranched alkanes of at least 4 members (excludes halogenated alkanes) is 6. The molecule has 1 aromatic rings. The molecule has 0 heterocycles. The first-order valence-corrected chi connectivity index (χ1v) is 7.90. The Bertz CT molecular complexity index is 509. The molecule has 2 radical (unpaired) electrons. The molecular formula is C17H25NNa2O4. The van der Waals surface area contributed by atoms with Crippen molar-refractivity contribution < 1.29 is 19.8 Å². The van der Waals surface area contributed by atoms with Crippen molar-refractivity contribution in [3.8, 4) is 0 Å². The van der Waals surface area contributed by atoms with E-state index in [2.05, 4.69) is 12.2 Å². The maximum absolute atomic E-state index is 11.1. The van der Waals surface area contributed by atoms with Gasteiger partial charge in [-0.15, -0.1) is 0 Å². The van der Waals surface area contributed by atoms with Gasteiger partial charge in [-0.1, -0.05) is 45.4 Å². The minimum absolute atomic E-state index is 0. The van der Waals surface area contributed by atoms with Gasteiger partial charge in [0.25, 0.3) is 0 Å². The van der Waals surface area contributed by atoms with Gasteiger partial charge in [-0.2, -0.15) is 0 Å². The summed E-state index contributed by atoms with van der Waals surface area (Å²) in [6.07, 6.45) is 8.50. The van der Waals surface area contributed by atoms with Crippen molar-refractivity contribution in [3.63, 3.8) is 0 Å². The molecule has 0 amide bonds. The molecule has 0 spiro atoms. The van der Waals surface area contributed by atoms with Crippen molar-refractivity contribution in [3.05, 3.63) is 29.3 Å². The van der Waals surface area contributed by atoms with Gasteiger partial charge in [-0.05, 0) is 24.6 Å². The second-order valence-corrected chi connectivity index (χ2v) is 5.42. The minimum atomic E-state index is -1.23. The second-order valence-electron chi connectivity index (χ2n) is 5.42. The van der Waals surface area contributed by atoms with E-state index in [9.17, 15) is 9.59 Å². The summed E-state index contributed by atoms with van der Waals surface area (Å²) < 4.78 is 0. The molecule has 5 nitrogen and oxygen atoms in total. The molecule has 0 atom stereocenters. The van der Waals surface area contributed by atoms with Crippen LogP contribution in [0.2, 0.25) is 0 Å². The van der Waals surface area contributed by atoms with Crippen molar-refractivity contribution in [2.45, 2.75) is 51.9 Å². The van der Waals surface area contributed by atoms with Crippen LogP contribution < -0.4 is 5.32 Å². The van der Waals surface area contributed by atoms with Crippen LogP contribution in [-0.2, 0) is 0 Å². The Hall–Kier alpha value is -0.0400. The average molecular weight is 353 g/mol. The SMILES string of the molecule is CCCCCCCCCNc1ccc(C(=O)O)c(C(=O)O)c1.[Na].[Na]. The van der Waals surface area contributed by atoms with Gasteiger partial charge in [0, 0.05) is 71.3 Å². The summed E-state index contributed by atoms with van der Waals surface area (Å²) in [7, 11) is 0. The maximum atomic E-state index is 11.1. The number of carboxylic acid groups (broad SMARTS) is 2. The van der Waals surface area contributed by atoms with Crippen LogP contribution in [0.5, 0.6) is 0 Å². The molecule has 1 rings (SSSR count). The zero-order chi connectivity index (χ0) is 16.4. The first-order chi connectivity index (χ1) is 10.6. The zero-order valence-electron chi connectivity index (χ0n) is 15.1. The smallest absolute Gasteiger partial charge is 0.336 e. The van der Waals surface area contributed by atoms with E-state index >= 15 is 0 Å². The van der Waals surface area contributed by atoms with E-state index in [1.807, 2.05) is 0 Å². The molecular weight excluding hydrogens is 328 g/mol. The van der Waals surface area contributed by atoms with Gasteiger partial charge in [0.15, 0.2) is 0 Å². The Kier molecular flexibility index (Phi) is 16.6. The van der Waals surface area contributed by atoms with E-state index in [0.29, 0.717) is 5.69 Å². The molecule has 3 N–H and O–H groups in total. The Balaban J connectivity index is 0. The third-order valence-electron chi connectivity index (χ3n) is 3.59. The molecule has 0 bridgehead atoms. The summed E-state index contributed by atoms with van der Waals surface area (Å²) in [6.45, 7) is 2.96. The molecule has 24 heavy (non-hydrogen) atoms. The Morgan fingerprint density at radius 2 is 1.42 bits per heavy atom. The normalized spacial score (nSPS) is 9.54. The molecule has 124 valence electrons. The molecule has 0 aliphatic carbocycles. The number of carbonyl (C=O) groups is 2. The van der Waals surface area contributed by atoms with Crippen LogP contribution in [0.3, 0.4) is 0 Å². The number of hydrogen-bond donors (Lipinski definition) is 3. The van der Waals surface area contributed by atoms with E-state index in [-0.39, 0.29) is 70.2 Å². The van der Waals surface area contributed by atoms with Gasteiger partial charge in [-0.25, -0.2) is 9.59 Å². The second kappa shape index (κ2) is 15.2. The van der Waals surface area contributed by atoms with E-state index in [1.165, 1.54) is 44.2 Å². The molecule has 0 aromatic heterocycles. The number of hydrogen-bond acceptors (Lipinski definition) is 3. The summed E-state index contributed by atoms with van der Waals surface area (Å²) in [5.74, 6) is -2.45. The molecule has 0 fully saturated rings. The number of nitrogens with one attached hydrogen (secondary N) is 1. The fourth-order valence-corrected chi connectivity index (χ4v) is 2.33. The molecule has 1 aromatic carbocycles. The number of rotatable bonds is 11. The average Bonchev–Trinajstić information content (AvgIpc) is 2.49. The van der Waals surface area contributed by atoms with Crippen molar-refractivity contribution in [1.29, 1.82) is 0 Å². The Morgan fingerprint density at radius 1 is 0.875 bits per heavy atom. The van der Waals surface area contributed by atoms with Crippen LogP contribution in [0.15, 0.2) is 18.2 Å². The van der Waals surface area contributed by atoms with Crippen LogP contribution in [0.4, 0.5) is 5.69 Å². The largest absolute Gasteiger partial charge is 0.478 e. The molecule has 0 aliphatic rings. The van der Waals surface area contributed by atoms with E-state index in [0.717, 1.165) is 19.4 Å². The topological polar surface area (TPSA) is 86.6 Å². The van der Waals surface area contributed by atoms with Gasteiger partial charge in [0.05, 0.1) is 11.1 Å². The molecule has 0 saturated carbocycles. The number of carboxylic acids is 2. The fourth-order valence-electron chi connectivity index (χ4n) is 2.33. The maximum Gasteiger partial charge on any atom is 0.336 e. The van der Waals surface area contributed by atoms with Gasteiger partial charge in [0.2, 0.25) is 0 Å². The van der Waals surface area contributed by atoms with E-state index in [1.54, 1.807) is 6.07 Å². The first-order valence-electron chi connectivity index (χ1n) is 7.90. The summed E-state index contributed by atoms with van der Waals surface area (Å²) in [5.41, 5.74) is 0.277. The zero-order valence-corrected chi connectivity index (χ0v) is 19.1. The van der Waals surface area contributed by atoms with Gasteiger partial charge >= 0.3 is 11.9 Å². The van der Waals surface area contributed by atoms with Crippen molar-refractivity contribution in [2.24, 2.45) is 0 Å². The predicted molar refractivity (Wildman–Crippen MR) is 98.4 cm³/mol. The number of anilines is 1.